The van der Waals surface area contributed by atoms with Gasteiger partial charge in [0.1, 0.15) is 5.82 Å². The highest BCUT2D eigenvalue weighted by molar-refractivity contribution is 5.34. The summed E-state index contributed by atoms with van der Waals surface area (Å²) >= 11 is 0. The summed E-state index contributed by atoms with van der Waals surface area (Å²) in [5.74, 6) is -6.47. The van der Waals surface area contributed by atoms with Crippen LogP contribution in [0.1, 0.15) is 50.7 Å². The van der Waals surface area contributed by atoms with Crippen molar-refractivity contribution in [3.8, 4) is 0 Å². The average molecular weight is 234 g/mol. The van der Waals surface area contributed by atoms with Gasteiger partial charge in [-0.25, -0.2) is 17.6 Å². The first-order valence-corrected chi connectivity index (χ1v) is 5.14. The van der Waals surface area contributed by atoms with E-state index in [1.165, 1.54) is 27.7 Å². The first kappa shape index (κ1) is 13.0. The molecule has 0 aliphatic rings. The molecular formula is C12H14F4. The Balaban J connectivity index is 3.66. The van der Waals surface area contributed by atoms with Gasteiger partial charge >= 0.3 is 0 Å². The molecule has 1 rings (SSSR count). The van der Waals surface area contributed by atoms with E-state index in [0.29, 0.717) is 0 Å². The molecule has 0 unspecified atom stereocenters. The number of rotatable bonds is 2. The molecule has 0 spiro atoms. The Morgan fingerprint density at radius 3 is 1.12 bits per heavy atom. The summed E-state index contributed by atoms with van der Waals surface area (Å²) < 4.78 is 53.8. The van der Waals surface area contributed by atoms with Gasteiger partial charge in [-0.2, -0.15) is 0 Å². The topological polar surface area (TPSA) is 0 Å². The Labute approximate surface area is 92.3 Å². The molecule has 0 amide bonds. The molecule has 4 heteroatoms. The van der Waals surface area contributed by atoms with Crippen LogP contribution in [0, 0.1) is 23.3 Å². The van der Waals surface area contributed by atoms with E-state index in [4.69, 9.17) is 0 Å². The lowest BCUT2D eigenvalue weighted by Crippen LogP contribution is -2.11. The molecule has 0 nitrogen and oxygen atoms in total. The molecule has 0 saturated carbocycles. The van der Waals surface area contributed by atoms with Crippen LogP contribution in [-0.4, -0.2) is 0 Å². The predicted octanol–water partition coefficient (Wildman–Crippen LogP) is 4.49. The molecule has 0 aliphatic carbocycles. The first-order valence-electron chi connectivity index (χ1n) is 5.14. The maximum absolute atomic E-state index is 13.8. The minimum atomic E-state index is -1.59. The number of hydrogen-bond donors (Lipinski definition) is 0. The van der Waals surface area contributed by atoms with Crippen molar-refractivity contribution in [2.75, 3.05) is 0 Å². The Kier molecular flexibility index (Phi) is 3.61. The van der Waals surface area contributed by atoms with Crippen LogP contribution in [0.4, 0.5) is 17.6 Å². The molecule has 0 N–H and O–H groups in total. The van der Waals surface area contributed by atoms with E-state index < -0.39 is 35.1 Å². The molecule has 0 heterocycles. The standard InChI is InChI=1S/C12H14F4/c1-5(2)7-9(13)8(6(3)4)11(15)12(16)10(7)14/h5-6H,1-4H3. The maximum atomic E-state index is 13.8. The molecule has 0 fully saturated rings. The lowest BCUT2D eigenvalue weighted by molar-refractivity contribution is 0.407. The molecule has 1 aromatic rings. The van der Waals surface area contributed by atoms with Crippen molar-refractivity contribution in [3.05, 3.63) is 34.4 Å². The zero-order valence-corrected chi connectivity index (χ0v) is 9.67. The highest BCUT2D eigenvalue weighted by Crippen LogP contribution is 2.32. The summed E-state index contributed by atoms with van der Waals surface area (Å²) in [6.07, 6.45) is 0. The Hall–Kier alpha value is -1.06. The van der Waals surface area contributed by atoms with E-state index in [1.807, 2.05) is 0 Å². The zero-order chi connectivity index (χ0) is 12.6. The zero-order valence-electron chi connectivity index (χ0n) is 9.67. The van der Waals surface area contributed by atoms with Crippen LogP contribution in [-0.2, 0) is 0 Å². The van der Waals surface area contributed by atoms with Crippen LogP contribution in [0.2, 0.25) is 0 Å². The van der Waals surface area contributed by atoms with Crippen molar-refractivity contribution in [1.82, 2.24) is 0 Å². The third-order valence-electron chi connectivity index (χ3n) is 2.49. The Morgan fingerprint density at radius 1 is 0.562 bits per heavy atom. The average Bonchev–Trinajstić information content (AvgIpc) is 2.13. The van der Waals surface area contributed by atoms with E-state index >= 15 is 0 Å². The molecule has 16 heavy (non-hydrogen) atoms. The van der Waals surface area contributed by atoms with Gasteiger partial charge in [0.05, 0.1) is 0 Å². The van der Waals surface area contributed by atoms with Crippen LogP contribution < -0.4 is 0 Å². The van der Waals surface area contributed by atoms with Crippen LogP contribution in [0.25, 0.3) is 0 Å². The number of benzene rings is 1. The van der Waals surface area contributed by atoms with Crippen LogP contribution >= 0.6 is 0 Å². The highest BCUT2D eigenvalue weighted by atomic mass is 19.2. The highest BCUT2D eigenvalue weighted by Gasteiger charge is 2.27. The number of hydrogen-bond acceptors (Lipinski definition) is 0. The van der Waals surface area contributed by atoms with Crippen LogP contribution in [0.5, 0.6) is 0 Å². The largest absolute Gasteiger partial charge is 0.206 e. The van der Waals surface area contributed by atoms with Crippen molar-refractivity contribution < 1.29 is 17.6 Å². The molecule has 0 saturated heterocycles. The van der Waals surface area contributed by atoms with Crippen molar-refractivity contribution in [1.29, 1.82) is 0 Å². The Morgan fingerprint density at radius 2 is 0.875 bits per heavy atom. The summed E-state index contributed by atoms with van der Waals surface area (Å²) in [7, 11) is 0. The molecule has 0 radical (unpaired) electrons. The van der Waals surface area contributed by atoms with Gasteiger partial charge in [-0.05, 0) is 11.8 Å². The quantitative estimate of drug-likeness (QED) is 0.402. The van der Waals surface area contributed by atoms with Crippen molar-refractivity contribution >= 4 is 0 Å². The fourth-order valence-corrected chi connectivity index (χ4v) is 1.68. The predicted molar refractivity (Wildman–Crippen MR) is 54.5 cm³/mol. The van der Waals surface area contributed by atoms with Crippen molar-refractivity contribution in [2.24, 2.45) is 0 Å². The van der Waals surface area contributed by atoms with Crippen LogP contribution in [0.15, 0.2) is 0 Å². The third kappa shape index (κ3) is 1.93. The number of halogens is 4. The van der Waals surface area contributed by atoms with Gasteiger partial charge < -0.3 is 0 Å². The molecule has 1 aromatic carbocycles. The molecule has 0 aliphatic heterocycles. The van der Waals surface area contributed by atoms with E-state index in [1.54, 1.807) is 0 Å². The van der Waals surface area contributed by atoms with E-state index in [0.717, 1.165) is 0 Å². The van der Waals surface area contributed by atoms with Gasteiger partial charge in [-0.15, -0.1) is 0 Å². The van der Waals surface area contributed by atoms with Gasteiger partial charge in [0.2, 0.25) is 0 Å². The second-order valence-electron chi connectivity index (χ2n) is 4.39. The summed E-state index contributed by atoms with van der Waals surface area (Å²) in [4.78, 5) is 0. The minimum absolute atomic E-state index is 0.386. The van der Waals surface area contributed by atoms with Crippen molar-refractivity contribution in [2.45, 2.75) is 39.5 Å². The molecule has 0 bridgehead atoms. The second-order valence-corrected chi connectivity index (χ2v) is 4.39. The summed E-state index contributed by atoms with van der Waals surface area (Å²) in [5, 5.41) is 0. The molecule has 90 valence electrons. The summed E-state index contributed by atoms with van der Waals surface area (Å²) in [5.41, 5.74) is -0.773. The monoisotopic (exact) mass is 234 g/mol. The SMILES string of the molecule is CC(C)c1c(F)c(F)c(F)c(C(C)C)c1F. The normalized spacial score (nSPS) is 11.6. The van der Waals surface area contributed by atoms with Gasteiger partial charge in [-0.3, -0.25) is 0 Å². The van der Waals surface area contributed by atoms with Crippen molar-refractivity contribution in [3.63, 3.8) is 0 Å². The fraction of sp³-hybridized carbons (Fsp3) is 0.500. The smallest absolute Gasteiger partial charge is 0.195 e. The molecule has 0 aromatic heterocycles. The summed E-state index contributed by atoms with van der Waals surface area (Å²) in [6, 6.07) is 0. The molecular weight excluding hydrogens is 220 g/mol. The van der Waals surface area contributed by atoms with Gasteiger partial charge in [0, 0.05) is 11.1 Å². The van der Waals surface area contributed by atoms with E-state index in [2.05, 4.69) is 0 Å². The van der Waals surface area contributed by atoms with Gasteiger partial charge in [0.25, 0.3) is 0 Å². The fourth-order valence-electron chi connectivity index (χ4n) is 1.68. The second kappa shape index (κ2) is 4.44. The first-order chi connectivity index (χ1) is 7.29. The van der Waals surface area contributed by atoms with E-state index in [9.17, 15) is 17.6 Å². The molecule has 0 atom stereocenters. The lowest BCUT2D eigenvalue weighted by Gasteiger charge is -2.16. The maximum Gasteiger partial charge on any atom is 0.195 e. The van der Waals surface area contributed by atoms with Gasteiger partial charge in [0.15, 0.2) is 17.5 Å². The Bertz CT molecular complexity index is 373. The minimum Gasteiger partial charge on any atom is -0.206 e. The summed E-state index contributed by atoms with van der Waals surface area (Å²) in [6.45, 7) is 6.12. The third-order valence-corrected chi connectivity index (χ3v) is 2.49. The van der Waals surface area contributed by atoms with E-state index in [-0.39, 0.29) is 11.1 Å². The lowest BCUT2D eigenvalue weighted by atomic mass is 9.93. The van der Waals surface area contributed by atoms with Gasteiger partial charge in [-0.1, -0.05) is 27.7 Å². The van der Waals surface area contributed by atoms with Crippen LogP contribution in [0.3, 0.4) is 0 Å².